The summed E-state index contributed by atoms with van der Waals surface area (Å²) in [6.07, 6.45) is 3.90. The van der Waals surface area contributed by atoms with E-state index >= 15 is 0 Å². The van der Waals surface area contributed by atoms with E-state index in [1.165, 1.54) is 0 Å². The number of anilines is 1. The summed E-state index contributed by atoms with van der Waals surface area (Å²) in [5.41, 5.74) is 3.09. The first kappa shape index (κ1) is 11.7. The highest BCUT2D eigenvalue weighted by molar-refractivity contribution is 5.62. The molecule has 19 heavy (non-hydrogen) atoms. The number of hydrogen-bond donors (Lipinski definition) is 2. The molecule has 3 heteroatoms. The standard InChI is InChI=1S/C16H15NO2/c1-17-13-5-2-11(3-6-13)15-8-4-12-10-14(18)7-9-16(12)19-15/h2-10,15,17-18H,1H3/i1-1. The Morgan fingerprint density at radius 3 is 2.63 bits per heavy atom. The van der Waals surface area contributed by atoms with Gasteiger partial charge in [0.05, 0.1) is 0 Å². The third-order valence-electron chi connectivity index (χ3n) is 3.23. The third kappa shape index (κ3) is 2.27. The lowest BCUT2D eigenvalue weighted by Gasteiger charge is -2.22. The van der Waals surface area contributed by atoms with E-state index in [0.717, 1.165) is 22.6 Å². The number of phenolic OH excluding ortho intramolecular Hbond substituents is 1. The molecule has 0 aromatic heterocycles. The fourth-order valence-corrected chi connectivity index (χ4v) is 2.16. The SMILES string of the molecule is [11CH3]Nc1ccc(C2C=Cc3cc(O)ccc3O2)cc1. The zero-order chi connectivity index (χ0) is 13.2. The first-order valence-corrected chi connectivity index (χ1v) is 6.22. The van der Waals surface area contributed by atoms with Crippen molar-refractivity contribution in [3.63, 3.8) is 0 Å². The van der Waals surface area contributed by atoms with E-state index in [4.69, 9.17) is 4.74 Å². The van der Waals surface area contributed by atoms with Crippen molar-refractivity contribution in [1.29, 1.82) is 0 Å². The lowest BCUT2D eigenvalue weighted by molar-refractivity contribution is 0.251. The number of aromatic hydroxyl groups is 1. The summed E-state index contributed by atoms with van der Waals surface area (Å²) in [4.78, 5) is 0. The van der Waals surface area contributed by atoms with Crippen LogP contribution in [0, 0.1) is 0 Å². The summed E-state index contributed by atoms with van der Waals surface area (Å²) in [6.45, 7) is 0. The van der Waals surface area contributed by atoms with Crippen molar-refractivity contribution in [1.82, 2.24) is 0 Å². The van der Waals surface area contributed by atoms with Gasteiger partial charge in [0.1, 0.15) is 17.6 Å². The second kappa shape index (κ2) is 4.69. The Labute approximate surface area is 112 Å². The van der Waals surface area contributed by atoms with Crippen LogP contribution in [0.25, 0.3) is 6.08 Å². The van der Waals surface area contributed by atoms with E-state index in [-0.39, 0.29) is 11.9 Å². The molecule has 2 aromatic rings. The summed E-state index contributed by atoms with van der Waals surface area (Å²) in [5, 5.41) is 12.5. The van der Waals surface area contributed by atoms with Crippen LogP contribution in [0.1, 0.15) is 17.2 Å². The third-order valence-corrected chi connectivity index (χ3v) is 3.23. The van der Waals surface area contributed by atoms with Crippen molar-refractivity contribution in [3.05, 3.63) is 59.7 Å². The van der Waals surface area contributed by atoms with Crippen molar-refractivity contribution < 1.29 is 9.84 Å². The molecule has 0 saturated carbocycles. The van der Waals surface area contributed by atoms with Gasteiger partial charge in [-0.15, -0.1) is 0 Å². The molecule has 2 aromatic carbocycles. The number of fused-ring (bicyclic) bond motifs is 1. The maximum absolute atomic E-state index is 9.43. The second-order valence-corrected chi connectivity index (χ2v) is 4.49. The Kier molecular flexibility index (Phi) is 2.88. The highest BCUT2D eigenvalue weighted by atomic mass is 16.5. The molecule has 1 atom stereocenters. The molecule has 2 N–H and O–H groups in total. The van der Waals surface area contributed by atoms with Gasteiger partial charge in [-0.1, -0.05) is 18.2 Å². The van der Waals surface area contributed by atoms with Gasteiger partial charge in [-0.3, -0.25) is 0 Å². The average Bonchev–Trinajstić information content (AvgIpc) is 2.47. The van der Waals surface area contributed by atoms with E-state index in [1.807, 2.05) is 43.5 Å². The molecule has 3 rings (SSSR count). The molecule has 3 nitrogen and oxygen atoms in total. The van der Waals surface area contributed by atoms with Gasteiger partial charge in [-0.25, -0.2) is 0 Å². The highest BCUT2D eigenvalue weighted by Crippen LogP contribution is 2.34. The van der Waals surface area contributed by atoms with Gasteiger partial charge >= 0.3 is 0 Å². The number of hydrogen-bond acceptors (Lipinski definition) is 3. The van der Waals surface area contributed by atoms with Crippen molar-refractivity contribution >= 4 is 11.8 Å². The molecule has 1 aliphatic rings. The van der Waals surface area contributed by atoms with E-state index in [1.54, 1.807) is 18.2 Å². The molecule has 1 aliphatic heterocycles. The van der Waals surface area contributed by atoms with Crippen LogP contribution in [0.3, 0.4) is 0 Å². The van der Waals surface area contributed by atoms with Gasteiger partial charge in [0.15, 0.2) is 0 Å². The predicted molar refractivity (Wildman–Crippen MR) is 76.5 cm³/mol. The molecule has 0 fully saturated rings. The fraction of sp³-hybridized carbons (Fsp3) is 0.125. The van der Waals surface area contributed by atoms with Crippen LogP contribution in [-0.4, -0.2) is 12.2 Å². The first-order valence-electron chi connectivity index (χ1n) is 6.22. The van der Waals surface area contributed by atoms with Crippen LogP contribution in [0.2, 0.25) is 0 Å². The predicted octanol–water partition coefficient (Wildman–Crippen LogP) is 3.58. The van der Waals surface area contributed by atoms with Crippen LogP contribution in [-0.2, 0) is 0 Å². The molecular formula is C16H15NO2. The van der Waals surface area contributed by atoms with Crippen molar-refractivity contribution in [3.8, 4) is 11.5 Å². The zero-order valence-electron chi connectivity index (χ0n) is 10.6. The van der Waals surface area contributed by atoms with Crippen LogP contribution < -0.4 is 10.1 Å². The molecule has 0 spiro atoms. The highest BCUT2D eigenvalue weighted by Gasteiger charge is 2.16. The van der Waals surface area contributed by atoms with Crippen molar-refractivity contribution in [2.45, 2.75) is 6.10 Å². The number of benzene rings is 2. The summed E-state index contributed by atoms with van der Waals surface area (Å²) < 4.78 is 5.93. The Hall–Kier alpha value is -2.42. The molecule has 0 saturated heterocycles. The van der Waals surface area contributed by atoms with Crippen molar-refractivity contribution in [2.24, 2.45) is 0 Å². The number of ether oxygens (including phenoxy) is 1. The fourth-order valence-electron chi connectivity index (χ4n) is 2.16. The van der Waals surface area contributed by atoms with E-state index in [0.29, 0.717) is 0 Å². The molecule has 0 bridgehead atoms. The normalized spacial score (nSPS) is 16.6. The topological polar surface area (TPSA) is 41.5 Å². The summed E-state index contributed by atoms with van der Waals surface area (Å²) in [7, 11) is 1.90. The number of phenols is 1. The molecule has 1 heterocycles. The molecule has 0 amide bonds. The smallest absolute Gasteiger partial charge is 0.142 e. The lowest BCUT2D eigenvalue weighted by Crippen LogP contribution is -2.08. The Morgan fingerprint density at radius 1 is 1.11 bits per heavy atom. The minimum absolute atomic E-state index is 0.0806. The number of nitrogens with one attached hydrogen (secondary N) is 1. The van der Waals surface area contributed by atoms with E-state index in [9.17, 15) is 5.11 Å². The zero-order valence-corrected chi connectivity index (χ0v) is 10.6. The van der Waals surface area contributed by atoms with Crippen LogP contribution in [0.4, 0.5) is 5.69 Å². The average molecular weight is 252 g/mol. The largest absolute Gasteiger partial charge is 0.508 e. The van der Waals surface area contributed by atoms with Gasteiger partial charge in [-0.05, 0) is 42.0 Å². The van der Waals surface area contributed by atoms with Gasteiger partial charge in [0.2, 0.25) is 0 Å². The van der Waals surface area contributed by atoms with Crippen LogP contribution in [0.15, 0.2) is 48.5 Å². The van der Waals surface area contributed by atoms with Crippen molar-refractivity contribution in [2.75, 3.05) is 12.4 Å². The van der Waals surface area contributed by atoms with Gasteiger partial charge in [-0.2, -0.15) is 0 Å². The minimum Gasteiger partial charge on any atom is -0.508 e. The second-order valence-electron chi connectivity index (χ2n) is 4.49. The summed E-state index contributed by atoms with van der Waals surface area (Å²) >= 11 is 0. The molecule has 96 valence electrons. The lowest BCUT2D eigenvalue weighted by atomic mass is 10.0. The Balaban J connectivity index is 1.87. The van der Waals surface area contributed by atoms with Gasteiger partial charge < -0.3 is 15.2 Å². The van der Waals surface area contributed by atoms with Gasteiger partial charge in [0.25, 0.3) is 0 Å². The molecule has 0 radical (unpaired) electrons. The molecule has 1 unspecified atom stereocenters. The van der Waals surface area contributed by atoms with Gasteiger partial charge in [0, 0.05) is 18.3 Å². The maximum Gasteiger partial charge on any atom is 0.142 e. The van der Waals surface area contributed by atoms with Crippen LogP contribution >= 0.6 is 0 Å². The van der Waals surface area contributed by atoms with E-state index < -0.39 is 0 Å². The summed E-state index contributed by atoms with van der Waals surface area (Å²) in [5.74, 6) is 1.05. The Morgan fingerprint density at radius 2 is 1.89 bits per heavy atom. The number of rotatable bonds is 2. The monoisotopic (exact) mass is 252 g/mol. The first-order chi connectivity index (χ1) is 9.26. The quantitative estimate of drug-likeness (QED) is 0.858. The molecular weight excluding hydrogens is 237 g/mol. The maximum atomic E-state index is 9.43. The van der Waals surface area contributed by atoms with E-state index in [2.05, 4.69) is 5.32 Å². The Bertz CT molecular complexity index is 617. The summed E-state index contributed by atoms with van der Waals surface area (Å²) in [6, 6.07) is 13.3. The molecule has 0 aliphatic carbocycles. The minimum atomic E-state index is -0.0806. The van der Waals surface area contributed by atoms with Crippen LogP contribution in [0.5, 0.6) is 11.5 Å².